The van der Waals surface area contributed by atoms with E-state index >= 15 is 0 Å². The molecule has 1 aliphatic rings. The lowest BCUT2D eigenvalue weighted by Crippen LogP contribution is -2.22. The zero-order valence-corrected chi connectivity index (χ0v) is 11.8. The first-order valence-corrected chi connectivity index (χ1v) is 7.37. The number of ether oxygens (including phenoxy) is 2. The first-order valence-electron chi connectivity index (χ1n) is 7.37. The lowest BCUT2D eigenvalue weighted by molar-refractivity contribution is 0.204. The van der Waals surface area contributed by atoms with Crippen molar-refractivity contribution in [3.63, 3.8) is 0 Å². The number of rotatable bonds is 6. The van der Waals surface area contributed by atoms with E-state index in [0.29, 0.717) is 6.54 Å². The van der Waals surface area contributed by atoms with Crippen molar-refractivity contribution in [2.75, 3.05) is 13.2 Å². The summed E-state index contributed by atoms with van der Waals surface area (Å²) in [4.78, 5) is 0. The van der Waals surface area contributed by atoms with Gasteiger partial charge in [0, 0.05) is 12.6 Å². The van der Waals surface area contributed by atoms with Crippen LogP contribution in [0.4, 0.5) is 0 Å². The molecule has 0 amide bonds. The molecule has 0 aromatic heterocycles. The minimum atomic E-state index is 0.0357. The number of benzene rings is 1. The lowest BCUT2D eigenvalue weighted by Gasteiger charge is -2.22. The Morgan fingerprint density at radius 1 is 1.21 bits per heavy atom. The molecule has 0 aliphatic heterocycles. The van der Waals surface area contributed by atoms with Gasteiger partial charge in [0.1, 0.15) is 17.6 Å². The molecule has 0 spiro atoms. The van der Waals surface area contributed by atoms with Crippen molar-refractivity contribution < 1.29 is 9.47 Å². The van der Waals surface area contributed by atoms with E-state index in [4.69, 9.17) is 15.2 Å². The molecule has 1 atom stereocenters. The zero-order chi connectivity index (χ0) is 13.5. The van der Waals surface area contributed by atoms with E-state index in [2.05, 4.69) is 0 Å². The molecular formula is C16H25NO2. The van der Waals surface area contributed by atoms with Crippen molar-refractivity contribution in [3.8, 4) is 11.5 Å². The highest BCUT2D eigenvalue weighted by Crippen LogP contribution is 2.26. The molecule has 2 N–H and O–H groups in total. The molecule has 1 saturated carbocycles. The van der Waals surface area contributed by atoms with Crippen LogP contribution in [0, 0.1) is 5.92 Å². The summed E-state index contributed by atoms with van der Waals surface area (Å²) in [5, 5.41) is 0. The van der Waals surface area contributed by atoms with Crippen LogP contribution in [0.25, 0.3) is 0 Å². The molecular weight excluding hydrogens is 238 g/mol. The van der Waals surface area contributed by atoms with Crippen LogP contribution in [0.2, 0.25) is 0 Å². The second kappa shape index (κ2) is 7.39. The Bertz CT molecular complexity index is 375. The van der Waals surface area contributed by atoms with Gasteiger partial charge in [-0.05, 0) is 37.8 Å². The largest absolute Gasteiger partial charge is 0.493 e. The van der Waals surface area contributed by atoms with Crippen LogP contribution < -0.4 is 15.2 Å². The molecule has 0 bridgehead atoms. The van der Waals surface area contributed by atoms with Gasteiger partial charge in [-0.1, -0.05) is 25.3 Å². The van der Waals surface area contributed by atoms with Crippen LogP contribution in [0.5, 0.6) is 11.5 Å². The molecule has 0 unspecified atom stereocenters. The first-order chi connectivity index (χ1) is 9.28. The van der Waals surface area contributed by atoms with Gasteiger partial charge < -0.3 is 15.2 Å². The highest BCUT2D eigenvalue weighted by atomic mass is 16.5. The SMILES string of the molecule is C[C@@H](CN)Oc1cccc(OCC2CCCCC2)c1. The average molecular weight is 263 g/mol. The quantitative estimate of drug-likeness (QED) is 0.855. The predicted octanol–water partition coefficient (Wildman–Crippen LogP) is 3.37. The van der Waals surface area contributed by atoms with Crippen molar-refractivity contribution in [1.82, 2.24) is 0 Å². The molecule has 0 heterocycles. The van der Waals surface area contributed by atoms with Crippen molar-refractivity contribution in [2.24, 2.45) is 11.7 Å². The summed E-state index contributed by atoms with van der Waals surface area (Å²) in [7, 11) is 0. The average Bonchev–Trinajstić information content (AvgIpc) is 2.46. The fraction of sp³-hybridized carbons (Fsp3) is 0.625. The molecule has 106 valence electrons. The van der Waals surface area contributed by atoms with Crippen LogP contribution >= 0.6 is 0 Å². The predicted molar refractivity (Wildman–Crippen MR) is 77.7 cm³/mol. The maximum atomic E-state index is 5.89. The number of nitrogens with two attached hydrogens (primary N) is 1. The molecule has 2 rings (SSSR count). The minimum Gasteiger partial charge on any atom is -0.493 e. The van der Waals surface area contributed by atoms with Crippen LogP contribution in [-0.2, 0) is 0 Å². The van der Waals surface area contributed by atoms with Gasteiger partial charge in [0.25, 0.3) is 0 Å². The van der Waals surface area contributed by atoms with Gasteiger partial charge in [-0.2, -0.15) is 0 Å². The van der Waals surface area contributed by atoms with Crippen LogP contribution in [0.3, 0.4) is 0 Å². The Hall–Kier alpha value is -1.22. The summed E-state index contributed by atoms with van der Waals surface area (Å²) in [5.41, 5.74) is 5.56. The number of hydrogen-bond donors (Lipinski definition) is 1. The second-order valence-electron chi connectivity index (χ2n) is 5.45. The maximum absolute atomic E-state index is 5.89. The molecule has 1 aromatic rings. The van der Waals surface area contributed by atoms with Crippen molar-refractivity contribution in [1.29, 1.82) is 0 Å². The van der Waals surface area contributed by atoms with Crippen molar-refractivity contribution in [3.05, 3.63) is 24.3 Å². The lowest BCUT2D eigenvalue weighted by atomic mass is 9.90. The summed E-state index contributed by atoms with van der Waals surface area (Å²) >= 11 is 0. The van der Waals surface area contributed by atoms with Gasteiger partial charge in [0.2, 0.25) is 0 Å². The molecule has 3 nitrogen and oxygen atoms in total. The van der Waals surface area contributed by atoms with Crippen LogP contribution in [0.15, 0.2) is 24.3 Å². The molecule has 1 aromatic carbocycles. The van der Waals surface area contributed by atoms with Crippen molar-refractivity contribution >= 4 is 0 Å². The Kier molecular flexibility index (Phi) is 5.52. The van der Waals surface area contributed by atoms with Gasteiger partial charge in [-0.15, -0.1) is 0 Å². The van der Waals surface area contributed by atoms with E-state index in [1.807, 2.05) is 31.2 Å². The molecule has 0 radical (unpaired) electrons. The third kappa shape index (κ3) is 4.75. The van der Waals surface area contributed by atoms with E-state index in [-0.39, 0.29) is 6.10 Å². The van der Waals surface area contributed by atoms with Gasteiger partial charge in [0.15, 0.2) is 0 Å². The Morgan fingerprint density at radius 3 is 2.68 bits per heavy atom. The maximum Gasteiger partial charge on any atom is 0.123 e. The smallest absolute Gasteiger partial charge is 0.123 e. The van der Waals surface area contributed by atoms with Gasteiger partial charge in [0.05, 0.1) is 6.61 Å². The fourth-order valence-electron chi connectivity index (χ4n) is 2.49. The summed E-state index contributed by atoms with van der Waals surface area (Å²) in [6, 6.07) is 7.85. The fourth-order valence-corrected chi connectivity index (χ4v) is 2.49. The van der Waals surface area contributed by atoms with Crippen molar-refractivity contribution in [2.45, 2.75) is 45.1 Å². The van der Waals surface area contributed by atoms with E-state index in [9.17, 15) is 0 Å². The monoisotopic (exact) mass is 263 g/mol. The third-order valence-electron chi connectivity index (χ3n) is 3.69. The zero-order valence-electron chi connectivity index (χ0n) is 11.8. The highest BCUT2D eigenvalue weighted by molar-refractivity contribution is 5.33. The van der Waals surface area contributed by atoms with E-state index in [0.717, 1.165) is 24.0 Å². The third-order valence-corrected chi connectivity index (χ3v) is 3.69. The molecule has 1 aliphatic carbocycles. The van der Waals surface area contributed by atoms with E-state index in [1.165, 1.54) is 32.1 Å². The Labute approximate surface area is 116 Å². The van der Waals surface area contributed by atoms with E-state index in [1.54, 1.807) is 0 Å². The summed E-state index contributed by atoms with van der Waals surface area (Å²) in [5.74, 6) is 2.45. The highest BCUT2D eigenvalue weighted by Gasteiger charge is 2.14. The molecule has 1 fully saturated rings. The van der Waals surface area contributed by atoms with Gasteiger partial charge >= 0.3 is 0 Å². The first kappa shape index (κ1) is 14.2. The Balaban J connectivity index is 1.84. The summed E-state index contributed by atoms with van der Waals surface area (Å²) < 4.78 is 11.6. The van der Waals surface area contributed by atoms with Gasteiger partial charge in [-0.3, -0.25) is 0 Å². The normalized spacial score (nSPS) is 18.0. The van der Waals surface area contributed by atoms with Crippen LogP contribution in [-0.4, -0.2) is 19.3 Å². The molecule has 0 saturated heterocycles. The Morgan fingerprint density at radius 2 is 1.95 bits per heavy atom. The second-order valence-corrected chi connectivity index (χ2v) is 5.45. The minimum absolute atomic E-state index is 0.0357. The summed E-state index contributed by atoms with van der Waals surface area (Å²) in [6.45, 7) is 3.32. The van der Waals surface area contributed by atoms with Gasteiger partial charge in [-0.25, -0.2) is 0 Å². The topological polar surface area (TPSA) is 44.5 Å². The summed E-state index contributed by atoms with van der Waals surface area (Å²) in [6.07, 6.45) is 6.74. The van der Waals surface area contributed by atoms with E-state index < -0.39 is 0 Å². The number of hydrogen-bond acceptors (Lipinski definition) is 3. The standard InChI is InChI=1S/C16H25NO2/c1-13(11-17)19-16-9-5-8-15(10-16)18-12-14-6-3-2-4-7-14/h5,8-10,13-14H,2-4,6-7,11-12,17H2,1H3/t13-/m0/s1. The molecule has 3 heteroatoms. The molecule has 19 heavy (non-hydrogen) atoms. The van der Waals surface area contributed by atoms with Crippen LogP contribution in [0.1, 0.15) is 39.0 Å².